The van der Waals surface area contributed by atoms with Gasteiger partial charge in [0.2, 0.25) is 0 Å². The number of benzene rings is 2. The second-order valence-electron chi connectivity index (χ2n) is 4.86. The normalized spacial score (nSPS) is 10.3. The van der Waals surface area contributed by atoms with Crippen molar-refractivity contribution in [1.82, 2.24) is 0 Å². The fraction of sp³-hybridized carbons (Fsp3) is 0.235. The van der Waals surface area contributed by atoms with Crippen LogP contribution in [0.5, 0.6) is 5.75 Å². The quantitative estimate of drug-likeness (QED) is 0.766. The Kier molecular flexibility index (Phi) is 5.02. The number of ether oxygens (including phenoxy) is 2. The minimum atomic E-state index is -0.349. The Morgan fingerprint density at radius 3 is 2.57 bits per heavy atom. The van der Waals surface area contributed by atoms with Crippen molar-refractivity contribution in [2.45, 2.75) is 20.5 Å². The van der Waals surface area contributed by atoms with Gasteiger partial charge in [-0.2, -0.15) is 0 Å². The largest absolute Gasteiger partial charge is 0.489 e. The molecule has 2 aromatic rings. The summed E-state index contributed by atoms with van der Waals surface area (Å²) in [5, 5.41) is 0. The van der Waals surface area contributed by atoms with E-state index in [1.165, 1.54) is 7.11 Å². The lowest BCUT2D eigenvalue weighted by atomic mass is 10.1. The molecule has 0 heterocycles. The van der Waals surface area contributed by atoms with Gasteiger partial charge >= 0.3 is 5.97 Å². The van der Waals surface area contributed by atoms with Gasteiger partial charge in [-0.05, 0) is 43.2 Å². The summed E-state index contributed by atoms with van der Waals surface area (Å²) in [6, 6.07) is 11.5. The van der Waals surface area contributed by atoms with Crippen molar-refractivity contribution in [3.63, 3.8) is 0 Å². The van der Waals surface area contributed by atoms with Gasteiger partial charge in [0.15, 0.2) is 0 Å². The molecule has 0 aromatic heterocycles. The summed E-state index contributed by atoms with van der Waals surface area (Å²) in [6.45, 7) is 4.49. The molecule has 0 unspecified atom stereocenters. The molecule has 0 N–H and O–H groups in total. The number of hydrogen-bond acceptors (Lipinski definition) is 3. The van der Waals surface area contributed by atoms with Gasteiger partial charge in [0.1, 0.15) is 12.4 Å². The second kappa shape index (κ2) is 6.76. The summed E-state index contributed by atoms with van der Waals surface area (Å²) >= 11 is 3.46. The van der Waals surface area contributed by atoms with E-state index in [9.17, 15) is 4.79 Å². The molecule has 0 aliphatic rings. The lowest BCUT2D eigenvalue weighted by Crippen LogP contribution is -2.03. The Bertz CT molecular complexity index is 665. The summed E-state index contributed by atoms with van der Waals surface area (Å²) in [7, 11) is 1.37. The van der Waals surface area contributed by atoms with Crippen LogP contribution in [0.15, 0.2) is 40.9 Å². The van der Waals surface area contributed by atoms with Crippen molar-refractivity contribution in [3.8, 4) is 5.75 Å². The molecule has 0 fully saturated rings. The lowest BCUT2D eigenvalue weighted by Gasteiger charge is -2.11. The van der Waals surface area contributed by atoms with E-state index in [4.69, 9.17) is 9.47 Å². The molecule has 3 nitrogen and oxygen atoms in total. The Morgan fingerprint density at radius 1 is 1.14 bits per heavy atom. The van der Waals surface area contributed by atoms with Gasteiger partial charge in [-0.3, -0.25) is 0 Å². The fourth-order valence-corrected chi connectivity index (χ4v) is 2.42. The number of aryl methyl sites for hydroxylation is 2. The molecule has 0 radical (unpaired) electrons. The highest BCUT2D eigenvalue weighted by atomic mass is 79.9. The van der Waals surface area contributed by atoms with Gasteiger partial charge < -0.3 is 9.47 Å². The zero-order chi connectivity index (χ0) is 15.4. The van der Waals surface area contributed by atoms with Gasteiger partial charge in [0.25, 0.3) is 0 Å². The molecule has 21 heavy (non-hydrogen) atoms. The van der Waals surface area contributed by atoms with Crippen molar-refractivity contribution < 1.29 is 14.3 Å². The zero-order valence-electron chi connectivity index (χ0n) is 12.3. The average molecular weight is 349 g/mol. The first-order valence-corrected chi connectivity index (χ1v) is 7.37. The third kappa shape index (κ3) is 3.85. The Hall–Kier alpha value is -1.81. The molecule has 0 aliphatic heterocycles. The van der Waals surface area contributed by atoms with E-state index < -0.39 is 0 Å². The third-order valence-electron chi connectivity index (χ3n) is 3.20. The number of hydrogen-bond donors (Lipinski definition) is 0. The highest BCUT2D eigenvalue weighted by molar-refractivity contribution is 9.10. The minimum absolute atomic E-state index is 0.349. The highest BCUT2D eigenvalue weighted by Crippen LogP contribution is 2.24. The van der Waals surface area contributed by atoms with Crippen LogP contribution in [0.2, 0.25) is 0 Å². The minimum Gasteiger partial charge on any atom is -0.489 e. The molecule has 0 bridgehead atoms. The number of esters is 1. The second-order valence-corrected chi connectivity index (χ2v) is 5.71. The molecular formula is C17H17BrO3. The predicted molar refractivity (Wildman–Crippen MR) is 85.7 cm³/mol. The van der Waals surface area contributed by atoms with Gasteiger partial charge in [0, 0.05) is 10.0 Å². The van der Waals surface area contributed by atoms with Crippen molar-refractivity contribution in [2.75, 3.05) is 7.11 Å². The fourth-order valence-electron chi connectivity index (χ4n) is 1.93. The molecule has 0 atom stereocenters. The number of carbonyl (C=O) groups excluding carboxylic acids is 1. The average Bonchev–Trinajstić information content (AvgIpc) is 2.48. The molecule has 2 rings (SSSR count). The summed E-state index contributed by atoms with van der Waals surface area (Å²) in [6.07, 6.45) is 0. The number of halogens is 1. The van der Waals surface area contributed by atoms with Crippen LogP contribution in [-0.2, 0) is 11.3 Å². The lowest BCUT2D eigenvalue weighted by molar-refractivity contribution is 0.0600. The van der Waals surface area contributed by atoms with Gasteiger partial charge in [-0.1, -0.05) is 34.1 Å². The van der Waals surface area contributed by atoms with Crippen LogP contribution in [0.4, 0.5) is 0 Å². The van der Waals surface area contributed by atoms with Gasteiger partial charge in [-0.15, -0.1) is 0 Å². The maximum Gasteiger partial charge on any atom is 0.337 e. The molecule has 4 heteroatoms. The molecule has 0 aliphatic carbocycles. The first kappa shape index (κ1) is 15.6. The monoisotopic (exact) mass is 348 g/mol. The topological polar surface area (TPSA) is 35.5 Å². The molecular weight excluding hydrogens is 332 g/mol. The van der Waals surface area contributed by atoms with Gasteiger partial charge in [-0.25, -0.2) is 4.79 Å². The number of carbonyl (C=O) groups is 1. The summed E-state index contributed by atoms with van der Waals surface area (Å²) in [5.74, 6) is 0.525. The van der Waals surface area contributed by atoms with Crippen molar-refractivity contribution in [3.05, 3.63) is 63.1 Å². The van der Waals surface area contributed by atoms with Crippen LogP contribution in [0.3, 0.4) is 0 Å². The highest BCUT2D eigenvalue weighted by Gasteiger charge is 2.09. The molecule has 0 spiro atoms. The van der Waals surface area contributed by atoms with Crippen LogP contribution in [0.1, 0.15) is 27.0 Å². The van der Waals surface area contributed by atoms with E-state index in [1.807, 2.05) is 32.0 Å². The van der Waals surface area contributed by atoms with E-state index >= 15 is 0 Å². The zero-order valence-corrected chi connectivity index (χ0v) is 13.9. The van der Waals surface area contributed by atoms with Crippen LogP contribution < -0.4 is 4.74 Å². The smallest absolute Gasteiger partial charge is 0.337 e. The van der Waals surface area contributed by atoms with Crippen LogP contribution in [-0.4, -0.2) is 13.1 Å². The third-order valence-corrected chi connectivity index (χ3v) is 3.94. The van der Waals surface area contributed by atoms with Crippen LogP contribution >= 0.6 is 15.9 Å². The maximum absolute atomic E-state index is 11.5. The predicted octanol–water partition coefficient (Wildman–Crippen LogP) is 4.43. The Balaban J connectivity index is 2.13. The summed E-state index contributed by atoms with van der Waals surface area (Å²) < 4.78 is 11.4. The summed E-state index contributed by atoms with van der Waals surface area (Å²) in [5.41, 5.74) is 3.75. The van der Waals surface area contributed by atoms with E-state index in [2.05, 4.69) is 22.0 Å². The first-order valence-electron chi connectivity index (χ1n) is 6.58. The van der Waals surface area contributed by atoms with Crippen LogP contribution in [0, 0.1) is 13.8 Å². The molecule has 0 amide bonds. The van der Waals surface area contributed by atoms with Crippen molar-refractivity contribution >= 4 is 21.9 Å². The molecule has 2 aromatic carbocycles. The van der Waals surface area contributed by atoms with Gasteiger partial charge in [0.05, 0.1) is 12.7 Å². The van der Waals surface area contributed by atoms with Crippen molar-refractivity contribution in [2.24, 2.45) is 0 Å². The Labute approximate surface area is 133 Å². The van der Waals surface area contributed by atoms with E-state index in [0.29, 0.717) is 12.2 Å². The number of methoxy groups -OCH3 is 1. The first-order chi connectivity index (χ1) is 10.0. The van der Waals surface area contributed by atoms with E-state index in [0.717, 1.165) is 26.9 Å². The molecule has 0 saturated carbocycles. The number of rotatable bonds is 4. The van der Waals surface area contributed by atoms with E-state index in [1.54, 1.807) is 12.1 Å². The van der Waals surface area contributed by atoms with E-state index in [-0.39, 0.29) is 5.97 Å². The standard InChI is InChI=1S/C17H17BrO3/c1-11-4-5-12(2)16(8-11)21-10-14-7-6-13(9-15(14)18)17(19)20-3/h4-9H,10H2,1-3H3. The molecule has 0 saturated heterocycles. The maximum atomic E-state index is 11.5. The Morgan fingerprint density at radius 2 is 1.90 bits per heavy atom. The molecule has 110 valence electrons. The van der Waals surface area contributed by atoms with Crippen molar-refractivity contribution in [1.29, 1.82) is 0 Å². The SMILES string of the molecule is COC(=O)c1ccc(COc2cc(C)ccc2C)c(Br)c1. The van der Waals surface area contributed by atoms with Crippen LogP contribution in [0.25, 0.3) is 0 Å². The summed E-state index contributed by atoms with van der Waals surface area (Å²) in [4.78, 5) is 11.5.